The highest BCUT2D eigenvalue weighted by Crippen LogP contribution is 2.38. The number of phenols is 1. The number of fused-ring (bicyclic) bond motifs is 1. The lowest BCUT2D eigenvalue weighted by Gasteiger charge is -2.11. The first-order valence-corrected chi connectivity index (χ1v) is 7.20. The molecule has 0 spiro atoms. The third-order valence-corrected chi connectivity index (χ3v) is 3.58. The molecule has 0 atom stereocenters. The van der Waals surface area contributed by atoms with Gasteiger partial charge >= 0.3 is 0 Å². The minimum absolute atomic E-state index is 0.0187. The molecule has 9 heteroatoms. The van der Waals surface area contributed by atoms with E-state index in [9.17, 15) is 14.7 Å². The highest BCUT2D eigenvalue weighted by molar-refractivity contribution is 6.10. The second-order valence-electron chi connectivity index (χ2n) is 5.56. The number of nitrogens with one attached hydrogen (secondary N) is 2. The van der Waals surface area contributed by atoms with Crippen LogP contribution in [0.4, 0.5) is 5.69 Å². The van der Waals surface area contributed by atoms with Gasteiger partial charge in [-0.15, -0.1) is 0 Å². The number of rotatable bonds is 4. The van der Waals surface area contributed by atoms with Crippen molar-refractivity contribution in [2.75, 3.05) is 12.1 Å². The van der Waals surface area contributed by atoms with E-state index in [-0.39, 0.29) is 35.4 Å². The number of primary amides is 1. The summed E-state index contributed by atoms with van der Waals surface area (Å²) < 4.78 is 10.3. The van der Waals surface area contributed by atoms with E-state index in [4.69, 9.17) is 15.2 Å². The summed E-state index contributed by atoms with van der Waals surface area (Å²) in [5, 5.41) is 19.1. The summed E-state index contributed by atoms with van der Waals surface area (Å²) in [6.45, 7) is 3.75. The summed E-state index contributed by atoms with van der Waals surface area (Å²) in [6, 6.07) is 2.66. The molecule has 126 valence electrons. The van der Waals surface area contributed by atoms with Gasteiger partial charge in [-0.1, -0.05) is 13.8 Å². The van der Waals surface area contributed by atoms with Gasteiger partial charge in [0, 0.05) is 12.1 Å². The van der Waals surface area contributed by atoms with Crippen molar-refractivity contribution in [3.05, 3.63) is 29.1 Å². The predicted molar refractivity (Wildman–Crippen MR) is 83.4 cm³/mol. The van der Waals surface area contributed by atoms with Gasteiger partial charge in [-0.2, -0.15) is 5.10 Å². The predicted octanol–water partition coefficient (Wildman–Crippen LogP) is 1.32. The van der Waals surface area contributed by atoms with Crippen molar-refractivity contribution in [1.29, 1.82) is 0 Å². The largest absolute Gasteiger partial charge is 0.507 e. The fraction of sp³-hybridized carbons (Fsp3) is 0.267. The molecule has 0 saturated carbocycles. The number of ether oxygens (including phenoxy) is 2. The van der Waals surface area contributed by atoms with E-state index in [1.165, 1.54) is 12.1 Å². The van der Waals surface area contributed by atoms with E-state index < -0.39 is 11.8 Å². The zero-order valence-electron chi connectivity index (χ0n) is 13.0. The van der Waals surface area contributed by atoms with Gasteiger partial charge < -0.3 is 25.6 Å². The number of nitrogens with zero attached hydrogens (tertiary/aromatic N) is 1. The number of amides is 2. The first-order valence-electron chi connectivity index (χ1n) is 7.20. The Hall–Kier alpha value is -3.23. The number of phenolic OH excluding ortho intramolecular Hbond substituents is 1. The van der Waals surface area contributed by atoms with Crippen molar-refractivity contribution in [3.8, 4) is 17.2 Å². The first kappa shape index (κ1) is 15.7. The van der Waals surface area contributed by atoms with Crippen LogP contribution < -0.4 is 20.5 Å². The fourth-order valence-electron chi connectivity index (χ4n) is 2.37. The van der Waals surface area contributed by atoms with Crippen LogP contribution in [0.25, 0.3) is 0 Å². The number of carbonyl (C=O) groups is 2. The van der Waals surface area contributed by atoms with Crippen molar-refractivity contribution < 1.29 is 24.2 Å². The molecule has 24 heavy (non-hydrogen) atoms. The summed E-state index contributed by atoms with van der Waals surface area (Å²) in [5.74, 6) is -1.00. The standard InChI is InChI=1S/C15H16N4O5/c1-6(2)11-12(13(14(16)21)19-18-11)17-15(22)7-3-9-10(4-8(7)20)24-5-23-9/h3-4,6,20H,5H2,1-2H3,(H2,16,21)(H,17,22)(H,18,19). The number of aromatic nitrogens is 2. The second-order valence-corrected chi connectivity index (χ2v) is 5.56. The third kappa shape index (κ3) is 2.60. The Balaban J connectivity index is 1.96. The number of aromatic hydroxyl groups is 1. The maximum Gasteiger partial charge on any atom is 0.271 e. The van der Waals surface area contributed by atoms with Crippen molar-refractivity contribution in [2.24, 2.45) is 5.73 Å². The van der Waals surface area contributed by atoms with E-state index >= 15 is 0 Å². The van der Waals surface area contributed by atoms with E-state index in [0.29, 0.717) is 17.2 Å². The van der Waals surface area contributed by atoms with Crippen LogP contribution >= 0.6 is 0 Å². The Bertz CT molecular complexity index is 828. The number of anilines is 1. The third-order valence-electron chi connectivity index (χ3n) is 3.58. The number of nitrogens with two attached hydrogens (primary N) is 1. The molecule has 5 N–H and O–H groups in total. The number of hydrogen-bond donors (Lipinski definition) is 4. The average molecular weight is 332 g/mol. The molecule has 1 aliphatic rings. The van der Waals surface area contributed by atoms with Crippen LogP contribution in [0.3, 0.4) is 0 Å². The molecule has 2 aromatic rings. The normalized spacial score (nSPS) is 12.5. The van der Waals surface area contributed by atoms with E-state index in [1.54, 1.807) is 0 Å². The summed E-state index contributed by atoms with van der Waals surface area (Å²) in [5.41, 5.74) is 5.94. The van der Waals surface area contributed by atoms with Crippen molar-refractivity contribution in [3.63, 3.8) is 0 Å². The molecule has 9 nitrogen and oxygen atoms in total. The van der Waals surface area contributed by atoms with Gasteiger partial charge in [0.25, 0.3) is 11.8 Å². The molecule has 0 unspecified atom stereocenters. The maximum absolute atomic E-state index is 12.5. The zero-order valence-corrected chi connectivity index (χ0v) is 13.0. The monoisotopic (exact) mass is 332 g/mol. The molecule has 0 bridgehead atoms. The molecule has 1 aromatic carbocycles. The molecule has 1 aliphatic heterocycles. The van der Waals surface area contributed by atoms with Crippen molar-refractivity contribution in [1.82, 2.24) is 10.2 Å². The number of carbonyl (C=O) groups excluding carboxylic acids is 2. The smallest absolute Gasteiger partial charge is 0.271 e. The van der Waals surface area contributed by atoms with Crippen LogP contribution in [0.2, 0.25) is 0 Å². The van der Waals surface area contributed by atoms with Crippen LogP contribution in [-0.4, -0.2) is 33.9 Å². The topological polar surface area (TPSA) is 140 Å². The average Bonchev–Trinajstić information content (AvgIpc) is 3.12. The van der Waals surface area contributed by atoms with E-state index in [0.717, 1.165) is 0 Å². The Kier molecular flexibility index (Phi) is 3.76. The molecule has 2 heterocycles. The number of aromatic amines is 1. The molecule has 3 rings (SSSR count). The van der Waals surface area contributed by atoms with Crippen LogP contribution in [-0.2, 0) is 0 Å². The lowest BCUT2D eigenvalue weighted by molar-refractivity contribution is 0.0996. The number of hydrogen-bond acceptors (Lipinski definition) is 6. The van der Waals surface area contributed by atoms with Gasteiger partial charge in [-0.3, -0.25) is 14.7 Å². The summed E-state index contributed by atoms with van der Waals surface area (Å²) >= 11 is 0. The Morgan fingerprint density at radius 3 is 2.62 bits per heavy atom. The minimum Gasteiger partial charge on any atom is -0.507 e. The Morgan fingerprint density at radius 1 is 1.33 bits per heavy atom. The minimum atomic E-state index is -0.775. The number of benzene rings is 1. The quantitative estimate of drug-likeness (QED) is 0.665. The lowest BCUT2D eigenvalue weighted by atomic mass is 10.1. The lowest BCUT2D eigenvalue weighted by Crippen LogP contribution is -2.19. The molecule has 0 fully saturated rings. The molecule has 1 aromatic heterocycles. The molecule has 0 radical (unpaired) electrons. The van der Waals surface area contributed by atoms with Crippen molar-refractivity contribution in [2.45, 2.75) is 19.8 Å². The van der Waals surface area contributed by atoms with Gasteiger partial charge in [0.1, 0.15) is 5.75 Å². The maximum atomic E-state index is 12.5. The molecular weight excluding hydrogens is 316 g/mol. The molecular formula is C15H16N4O5. The van der Waals surface area contributed by atoms with Crippen LogP contribution in [0.1, 0.15) is 46.3 Å². The van der Waals surface area contributed by atoms with Gasteiger partial charge in [0.05, 0.1) is 16.9 Å². The Morgan fingerprint density at radius 2 is 2.00 bits per heavy atom. The molecule has 0 saturated heterocycles. The fourth-order valence-corrected chi connectivity index (χ4v) is 2.37. The summed E-state index contributed by atoms with van der Waals surface area (Å²) in [7, 11) is 0. The summed E-state index contributed by atoms with van der Waals surface area (Å²) in [4.78, 5) is 24.0. The molecule has 0 aliphatic carbocycles. The second kappa shape index (κ2) is 5.76. The van der Waals surface area contributed by atoms with Crippen LogP contribution in [0.5, 0.6) is 17.2 Å². The zero-order chi connectivity index (χ0) is 17.4. The van der Waals surface area contributed by atoms with Gasteiger partial charge in [0.15, 0.2) is 17.2 Å². The van der Waals surface area contributed by atoms with Crippen LogP contribution in [0, 0.1) is 0 Å². The molecule has 2 amide bonds. The van der Waals surface area contributed by atoms with E-state index in [1.807, 2.05) is 13.8 Å². The highest BCUT2D eigenvalue weighted by atomic mass is 16.7. The first-order chi connectivity index (χ1) is 11.4. The van der Waals surface area contributed by atoms with E-state index in [2.05, 4.69) is 15.5 Å². The Labute approximate surface area is 136 Å². The highest BCUT2D eigenvalue weighted by Gasteiger charge is 2.25. The van der Waals surface area contributed by atoms with Gasteiger partial charge in [0.2, 0.25) is 6.79 Å². The number of H-pyrrole nitrogens is 1. The van der Waals surface area contributed by atoms with Crippen LogP contribution in [0.15, 0.2) is 12.1 Å². The van der Waals surface area contributed by atoms with Gasteiger partial charge in [-0.05, 0) is 5.92 Å². The van der Waals surface area contributed by atoms with Crippen molar-refractivity contribution >= 4 is 17.5 Å². The van der Waals surface area contributed by atoms with Gasteiger partial charge in [-0.25, -0.2) is 0 Å². The SMILES string of the molecule is CC(C)c1[nH]nc(C(N)=O)c1NC(=O)c1cc2c(cc1O)OCO2. The summed E-state index contributed by atoms with van der Waals surface area (Å²) in [6.07, 6.45) is 0.